The van der Waals surface area contributed by atoms with Crippen molar-refractivity contribution in [2.24, 2.45) is 5.92 Å². The fourth-order valence-electron chi connectivity index (χ4n) is 4.04. The molecule has 0 unspecified atom stereocenters. The van der Waals surface area contributed by atoms with Gasteiger partial charge in [0.25, 0.3) is 0 Å². The van der Waals surface area contributed by atoms with Crippen LogP contribution < -0.4 is 10.1 Å². The van der Waals surface area contributed by atoms with Gasteiger partial charge in [-0.3, -0.25) is 9.59 Å². The number of thioether (sulfide) groups is 1. The lowest BCUT2D eigenvalue weighted by Gasteiger charge is -2.31. The number of ether oxygens (including phenoxy) is 2. The summed E-state index contributed by atoms with van der Waals surface area (Å²) < 4.78 is 10.9. The molecule has 3 aromatic carbocycles. The summed E-state index contributed by atoms with van der Waals surface area (Å²) in [7, 11) is 2.78. The standard InChI is InChI=1S/C26H21BrN2O4S/c1-32-21-10-9-18(12-20(21)27)22-19(13-28)25(29-24(30)23(22)26(31)33-2)34-14-15-7-8-16-5-3-4-6-17(16)11-15/h3-12,22-23H,14H2,1-2H3,(H,29,30)/t22-,23+/m1/s1. The zero-order valence-electron chi connectivity index (χ0n) is 18.5. The van der Waals surface area contributed by atoms with Crippen molar-refractivity contribution in [2.75, 3.05) is 14.2 Å². The lowest BCUT2D eigenvalue weighted by molar-refractivity contribution is -0.150. The molecule has 34 heavy (non-hydrogen) atoms. The van der Waals surface area contributed by atoms with E-state index >= 15 is 0 Å². The van der Waals surface area contributed by atoms with Gasteiger partial charge in [0.05, 0.1) is 35.4 Å². The van der Waals surface area contributed by atoms with Crippen LogP contribution in [0.4, 0.5) is 0 Å². The number of nitrogens with one attached hydrogen (secondary N) is 1. The van der Waals surface area contributed by atoms with Gasteiger partial charge in [-0.15, -0.1) is 11.8 Å². The molecule has 1 aliphatic heterocycles. The fraction of sp³-hybridized carbons (Fsp3) is 0.192. The van der Waals surface area contributed by atoms with E-state index in [1.165, 1.54) is 18.9 Å². The van der Waals surface area contributed by atoms with Crippen LogP contribution in [0, 0.1) is 17.2 Å². The smallest absolute Gasteiger partial charge is 0.319 e. The van der Waals surface area contributed by atoms with E-state index in [9.17, 15) is 14.9 Å². The monoisotopic (exact) mass is 536 g/mol. The Kier molecular flexibility index (Phi) is 7.25. The van der Waals surface area contributed by atoms with E-state index in [0.717, 1.165) is 16.3 Å². The molecule has 2 atom stereocenters. The number of carbonyl (C=O) groups excluding carboxylic acids is 2. The van der Waals surface area contributed by atoms with Crippen LogP contribution in [-0.4, -0.2) is 26.1 Å². The number of nitriles is 1. The summed E-state index contributed by atoms with van der Waals surface area (Å²) in [5.74, 6) is -2.00. The Hall–Kier alpha value is -3.28. The highest BCUT2D eigenvalue weighted by Gasteiger charge is 2.44. The van der Waals surface area contributed by atoms with Crippen molar-refractivity contribution in [2.45, 2.75) is 11.7 Å². The molecular formula is C26H21BrN2O4S. The van der Waals surface area contributed by atoms with Crippen molar-refractivity contribution in [3.8, 4) is 11.8 Å². The maximum atomic E-state index is 13.0. The van der Waals surface area contributed by atoms with Crippen LogP contribution in [0.2, 0.25) is 0 Å². The molecule has 0 aromatic heterocycles. The van der Waals surface area contributed by atoms with Crippen LogP contribution in [0.3, 0.4) is 0 Å². The Bertz CT molecular complexity index is 1350. The molecule has 3 aromatic rings. The van der Waals surface area contributed by atoms with Crippen LogP contribution >= 0.6 is 27.7 Å². The van der Waals surface area contributed by atoms with Gasteiger partial charge >= 0.3 is 5.97 Å². The van der Waals surface area contributed by atoms with Gasteiger partial charge in [0.15, 0.2) is 0 Å². The number of amides is 1. The van der Waals surface area contributed by atoms with E-state index in [0.29, 0.717) is 32.1 Å². The third-order valence-corrected chi connectivity index (χ3v) is 7.42. The number of hydrogen-bond donors (Lipinski definition) is 1. The Morgan fingerprint density at radius 1 is 1.12 bits per heavy atom. The number of fused-ring (bicyclic) bond motifs is 1. The molecule has 1 N–H and O–H groups in total. The second-order valence-corrected chi connectivity index (χ2v) is 9.53. The quantitative estimate of drug-likeness (QED) is 0.340. The Balaban J connectivity index is 1.72. The van der Waals surface area contributed by atoms with E-state index < -0.39 is 23.7 Å². The average Bonchev–Trinajstić information content (AvgIpc) is 2.86. The van der Waals surface area contributed by atoms with Gasteiger partial charge in [0.2, 0.25) is 5.91 Å². The molecule has 1 amide bonds. The zero-order chi connectivity index (χ0) is 24.2. The lowest BCUT2D eigenvalue weighted by atomic mass is 9.78. The molecule has 1 heterocycles. The van der Waals surface area contributed by atoms with Crippen LogP contribution in [-0.2, 0) is 20.1 Å². The number of benzene rings is 3. The normalized spacial score (nSPS) is 17.8. The molecule has 8 heteroatoms. The topological polar surface area (TPSA) is 88.4 Å². The molecule has 0 bridgehead atoms. The number of rotatable bonds is 6. The third kappa shape index (κ3) is 4.67. The molecule has 0 spiro atoms. The molecule has 172 valence electrons. The molecule has 0 radical (unpaired) electrons. The van der Waals surface area contributed by atoms with Crippen LogP contribution in [0.15, 0.2) is 75.7 Å². The van der Waals surface area contributed by atoms with Gasteiger partial charge < -0.3 is 14.8 Å². The molecule has 4 rings (SSSR count). The van der Waals surface area contributed by atoms with Crippen molar-refractivity contribution in [3.05, 3.63) is 86.9 Å². The first kappa shape index (κ1) is 23.9. The van der Waals surface area contributed by atoms with Gasteiger partial charge in [-0.05, 0) is 50.0 Å². The molecule has 0 fully saturated rings. The van der Waals surface area contributed by atoms with E-state index in [-0.39, 0.29) is 0 Å². The first-order chi connectivity index (χ1) is 16.5. The molecule has 0 aliphatic carbocycles. The van der Waals surface area contributed by atoms with Crippen molar-refractivity contribution in [1.29, 1.82) is 5.26 Å². The van der Waals surface area contributed by atoms with Gasteiger partial charge in [0.1, 0.15) is 11.7 Å². The predicted molar refractivity (Wildman–Crippen MR) is 135 cm³/mol. The summed E-state index contributed by atoms with van der Waals surface area (Å²) in [5, 5.41) is 15.6. The number of hydrogen-bond acceptors (Lipinski definition) is 6. The molecule has 0 saturated heterocycles. The van der Waals surface area contributed by atoms with Gasteiger partial charge in [-0.25, -0.2) is 0 Å². The number of carbonyl (C=O) groups is 2. The van der Waals surface area contributed by atoms with Gasteiger partial charge in [0, 0.05) is 11.7 Å². The second kappa shape index (κ2) is 10.3. The Morgan fingerprint density at radius 2 is 1.88 bits per heavy atom. The van der Waals surface area contributed by atoms with Crippen LogP contribution in [0.25, 0.3) is 10.8 Å². The van der Waals surface area contributed by atoms with E-state index in [1.807, 2.05) is 24.3 Å². The SMILES string of the molecule is COC(=O)[C@@H]1C(=O)NC(SCc2ccc3ccccc3c2)=C(C#N)[C@H]1c1ccc(OC)c(Br)c1. The zero-order valence-corrected chi connectivity index (χ0v) is 20.9. The predicted octanol–water partition coefficient (Wildman–Crippen LogP) is 5.28. The summed E-state index contributed by atoms with van der Waals surface area (Å²) in [6.07, 6.45) is 0. The number of nitrogens with zero attached hydrogens (tertiary/aromatic N) is 1. The van der Waals surface area contributed by atoms with E-state index in [4.69, 9.17) is 9.47 Å². The third-order valence-electron chi connectivity index (χ3n) is 5.72. The van der Waals surface area contributed by atoms with E-state index in [1.54, 1.807) is 25.3 Å². The highest BCUT2D eigenvalue weighted by Crippen LogP contribution is 2.42. The molecule has 1 aliphatic rings. The van der Waals surface area contributed by atoms with Crippen molar-refractivity contribution < 1.29 is 19.1 Å². The van der Waals surface area contributed by atoms with Crippen molar-refractivity contribution >= 4 is 50.3 Å². The molecular weight excluding hydrogens is 516 g/mol. The second-order valence-electron chi connectivity index (χ2n) is 7.69. The summed E-state index contributed by atoms with van der Waals surface area (Å²) in [6, 6.07) is 21.7. The van der Waals surface area contributed by atoms with Gasteiger partial charge in [-0.1, -0.05) is 48.5 Å². The Labute approximate surface area is 210 Å². The number of halogens is 1. The summed E-state index contributed by atoms with van der Waals surface area (Å²) in [5.41, 5.74) is 2.01. The Morgan fingerprint density at radius 3 is 2.56 bits per heavy atom. The number of methoxy groups -OCH3 is 2. The average molecular weight is 537 g/mol. The fourth-order valence-corrected chi connectivity index (χ4v) is 5.59. The maximum absolute atomic E-state index is 13.0. The summed E-state index contributed by atoms with van der Waals surface area (Å²) >= 11 is 4.82. The van der Waals surface area contributed by atoms with Crippen molar-refractivity contribution in [3.63, 3.8) is 0 Å². The lowest BCUT2D eigenvalue weighted by Crippen LogP contribution is -2.44. The minimum Gasteiger partial charge on any atom is -0.496 e. The molecule has 6 nitrogen and oxygen atoms in total. The van der Waals surface area contributed by atoms with Crippen LogP contribution in [0.1, 0.15) is 17.0 Å². The maximum Gasteiger partial charge on any atom is 0.319 e. The van der Waals surface area contributed by atoms with Gasteiger partial charge in [-0.2, -0.15) is 5.26 Å². The molecule has 0 saturated carbocycles. The summed E-state index contributed by atoms with van der Waals surface area (Å²) in [6.45, 7) is 0. The number of esters is 1. The highest BCUT2D eigenvalue weighted by atomic mass is 79.9. The minimum absolute atomic E-state index is 0.317. The first-order valence-corrected chi connectivity index (χ1v) is 12.2. The minimum atomic E-state index is -1.18. The van der Waals surface area contributed by atoms with E-state index in [2.05, 4.69) is 45.5 Å². The highest BCUT2D eigenvalue weighted by molar-refractivity contribution is 9.10. The first-order valence-electron chi connectivity index (χ1n) is 10.4. The number of allylic oxidation sites excluding steroid dienone is 1. The van der Waals surface area contributed by atoms with Crippen LogP contribution in [0.5, 0.6) is 5.75 Å². The largest absolute Gasteiger partial charge is 0.496 e. The van der Waals surface area contributed by atoms with Crippen molar-refractivity contribution in [1.82, 2.24) is 5.32 Å². The summed E-state index contributed by atoms with van der Waals surface area (Å²) in [4.78, 5) is 25.6.